The van der Waals surface area contributed by atoms with Crippen LogP contribution in [0.1, 0.15) is 29.9 Å². The molecule has 0 spiro atoms. The number of thiophene rings is 1. The maximum atomic E-state index is 13.3. The molecule has 6 nitrogen and oxygen atoms in total. The smallest absolute Gasteiger partial charge is 0.349 e. The quantitative estimate of drug-likeness (QED) is 0.704. The molecular formula is C18H20FNO5S2. The van der Waals surface area contributed by atoms with Crippen molar-refractivity contribution >= 4 is 43.1 Å². The lowest BCUT2D eigenvalue weighted by molar-refractivity contribution is -0.141. The number of ether oxygens (including phenoxy) is 1. The molecular weight excluding hydrogens is 393 g/mol. The highest BCUT2D eigenvalue weighted by Gasteiger charge is 2.36. The van der Waals surface area contributed by atoms with Gasteiger partial charge < -0.3 is 9.64 Å². The van der Waals surface area contributed by atoms with Crippen LogP contribution in [0.5, 0.6) is 0 Å². The average Bonchev–Trinajstić information content (AvgIpc) is 3.18. The van der Waals surface area contributed by atoms with Crippen molar-refractivity contribution in [1.82, 2.24) is 4.90 Å². The summed E-state index contributed by atoms with van der Waals surface area (Å²) < 4.78 is 42.7. The van der Waals surface area contributed by atoms with E-state index < -0.39 is 33.6 Å². The number of carbonyl (C=O) groups is 2. The molecule has 1 amide bonds. The Morgan fingerprint density at radius 2 is 2.11 bits per heavy atom. The van der Waals surface area contributed by atoms with Crippen LogP contribution in [0, 0.1) is 5.82 Å². The molecule has 0 N–H and O–H groups in total. The van der Waals surface area contributed by atoms with E-state index in [1.165, 1.54) is 30.0 Å². The number of fused-ring (bicyclic) bond motifs is 1. The first-order valence-electron chi connectivity index (χ1n) is 8.61. The number of esters is 1. The van der Waals surface area contributed by atoms with Crippen LogP contribution in [0.15, 0.2) is 24.3 Å². The zero-order valence-corrected chi connectivity index (χ0v) is 16.6. The Kier molecular flexibility index (Phi) is 5.53. The molecule has 146 valence electrons. The summed E-state index contributed by atoms with van der Waals surface area (Å²) in [5.41, 5.74) is 0. The molecule has 0 radical (unpaired) electrons. The fourth-order valence-corrected chi connectivity index (χ4v) is 5.89. The highest BCUT2D eigenvalue weighted by Crippen LogP contribution is 2.27. The molecule has 0 bridgehead atoms. The highest BCUT2D eigenvalue weighted by molar-refractivity contribution is 7.91. The maximum absolute atomic E-state index is 13.3. The van der Waals surface area contributed by atoms with E-state index in [0.29, 0.717) is 18.4 Å². The molecule has 0 aliphatic carbocycles. The zero-order valence-electron chi connectivity index (χ0n) is 15.0. The van der Waals surface area contributed by atoms with Crippen molar-refractivity contribution < 1.29 is 27.1 Å². The Morgan fingerprint density at radius 3 is 2.74 bits per heavy atom. The first-order chi connectivity index (χ1) is 12.7. The van der Waals surface area contributed by atoms with E-state index in [-0.39, 0.29) is 22.4 Å². The van der Waals surface area contributed by atoms with Crippen LogP contribution in [0.25, 0.3) is 10.1 Å². The second-order valence-electron chi connectivity index (χ2n) is 6.52. The highest BCUT2D eigenvalue weighted by atomic mass is 32.2. The van der Waals surface area contributed by atoms with Gasteiger partial charge in [-0.15, -0.1) is 11.3 Å². The van der Waals surface area contributed by atoms with E-state index in [4.69, 9.17) is 4.74 Å². The van der Waals surface area contributed by atoms with Gasteiger partial charge >= 0.3 is 5.97 Å². The lowest BCUT2D eigenvalue weighted by atomic mass is 10.2. The largest absolute Gasteiger partial charge is 0.448 e. The SMILES string of the molecule is CCN(C(=O)[C@@H](C)OC(=O)c1cc2cc(F)ccc2s1)[C@@H]1CCS(=O)(=O)C1. The Bertz CT molecular complexity index is 985. The number of sulfone groups is 1. The second-order valence-corrected chi connectivity index (χ2v) is 9.83. The summed E-state index contributed by atoms with van der Waals surface area (Å²) in [4.78, 5) is 26.8. The molecule has 0 unspecified atom stereocenters. The van der Waals surface area contributed by atoms with Crippen molar-refractivity contribution in [2.24, 2.45) is 0 Å². The van der Waals surface area contributed by atoms with Gasteiger partial charge in [-0.2, -0.15) is 0 Å². The monoisotopic (exact) mass is 413 g/mol. The van der Waals surface area contributed by atoms with Gasteiger partial charge in [0.2, 0.25) is 0 Å². The third-order valence-corrected chi connectivity index (χ3v) is 7.43. The topological polar surface area (TPSA) is 80.8 Å². The minimum atomic E-state index is -3.12. The van der Waals surface area contributed by atoms with E-state index in [0.717, 1.165) is 16.0 Å². The maximum Gasteiger partial charge on any atom is 0.349 e. The van der Waals surface area contributed by atoms with Gasteiger partial charge in [0.15, 0.2) is 15.9 Å². The van der Waals surface area contributed by atoms with Gasteiger partial charge in [-0.3, -0.25) is 4.79 Å². The number of amides is 1. The van der Waals surface area contributed by atoms with Crippen molar-refractivity contribution in [1.29, 1.82) is 0 Å². The summed E-state index contributed by atoms with van der Waals surface area (Å²) in [5, 5.41) is 0.595. The fourth-order valence-electron chi connectivity index (χ4n) is 3.23. The summed E-state index contributed by atoms with van der Waals surface area (Å²) in [5.74, 6) is -1.47. The van der Waals surface area contributed by atoms with Crippen LogP contribution >= 0.6 is 11.3 Å². The number of hydrogen-bond acceptors (Lipinski definition) is 6. The molecule has 2 aromatic rings. The van der Waals surface area contributed by atoms with Crippen LogP contribution in [0.2, 0.25) is 0 Å². The summed E-state index contributed by atoms with van der Waals surface area (Å²) in [6.07, 6.45) is -0.646. The zero-order chi connectivity index (χ0) is 19.8. The molecule has 1 aliphatic heterocycles. The van der Waals surface area contributed by atoms with Crippen molar-refractivity contribution in [2.75, 3.05) is 18.1 Å². The normalized spacial score (nSPS) is 19.7. The molecule has 1 fully saturated rings. The predicted octanol–water partition coefficient (Wildman–Crippen LogP) is 2.62. The van der Waals surface area contributed by atoms with Crippen molar-refractivity contribution in [3.63, 3.8) is 0 Å². The molecule has 0 saturated carbocycles. The minimum absolute atomic E-state index is 0.0604. The summed E-state index contributed by atoms with van der Waals surface area (Å²) >= 11 is 1.16. The second kappa shape index (κ2) is 7.55. The number of halogens is 1. The molecule has 9 heteroatoms. The Balaban J connectivity index is 1.69. The van der Waals surface area contributed by atoms with Crippen LogP contribution in [-0.4, -0.2) is 55.4 Å². The van der Waals surface area contributed by atoms with Crippen molar-refractivity contribution in [3.05, 3.63) is 35.0 Å². The summed E-state index contributed by atoms with van der Waals surface area (Å²) in [6, 6.07) is 5.37. The lowest BCUT2D eigenvalue weighted by Crippen LogP contribution is -2.46. The Hall–Kier alpha value is -2.00. The van der Waals surface area contributed by atoms with Gasteiger partial charge in [0.05, 0.1) is 11.5 Å². The molecule has 1 aliphatic rings. The number of rotatable bonds is 5. The van der Waals surface area contributed by atoms with Crippen LogP contribution in [0.3, 0.4) is 0 Å². The van der Waals surface area contributed by atoms with Crippen molar-refractivity contribution in [2.45, 2.75) is 32.4 Å². The fraction of sp³-hybridized carbons (Fsp3) is 0.444. The Labute approximate surface area is 160 Å². The number of hydrogen-bond donors (Lipinski definition) is 0. The number of likely N-dealkylation sites (N-methyl/N-ethyl adjacent to an activating group) is 1. The molecule has 1 aromatic carbocycles. The van der Waals surface area contributed by atoms with E-state index in [1.54, 1.807) is 13.0 Å². The van der Waals surface area contributed by atoms with Gasteiger partial charge in [0.25, 0.3) is 5.91 Å². The van der Waals surface area contributed by atoms with Gasteiger partial charge in [0, 0.05) is 17.3 Å². The van der Waals surface area contributed by atoms with Gasteiger partial charge in [-0.25, -0.2) is 17.6 Å². The molecule has 2 heterocycles. The molecule has 27 heavy (non-hydrogen) atoms. The number of carbonyl (C=O) groups excluding carboxylic acids is 2. The van der Waals surface area contributed by atoms with E-state index in [2.05, 4.69) is 0 Å². The van der Waals surface area contributed by atoms with Crippen LogP contribution < -0.4 is 0 Å². The van der Waals surface area contributed by atoms with E-state index in [1.807, 2.05) is 0 Å². The van der Waals surface area contributed by atoms with E-state index >= 15 is 0 Å². The minimum Gasteiger partial charge on any atom is -0.448 e. The van der Waals surface area contributed by atoms with Crippen LogP contribution in [-0.2, 0) is 19.4 Å². The third kappa shape index (κ3) is 4.30. The predicted molar refractivity (Wildman–Crippen MR) is 101 cm³/mol. The van der Waals surface area contributed by atoms with Crippen LogP contribution in [0.4, 0.5) is 4.39 Å². The molecule has 3 rings (SSSR count). The standard InChI is InChI=1S/C18H20FNO5S2/c1-3-20(14-6-7-27(23,24)10-14)17(21)11(2)25-18(22)16-9-12-8-13(19)4-5-15(12)26-16/h4-5,8-9,11,14H,3,6-7,10H2,1-2H3/t11-,14-/m1/s1. The van der Waals surface area contributed by atoms with Crippen molar-refractivity contribution in [3.8, 4) is 0 Å². The lowest BCUT2D eigenvalue weighted by Gasteiger charge is -2.29. The number of benzene rings is 1. The Morgan fingerprint density at radius 1 is 1.37 bits per heavy atom. The van der Waals surface area contributed by atoms with E-state index in [9.17, 15) is 22.4 Å². The molecule has 1 saturated heterocycles. The van der Waals surface area contributed by atoms with Gasteiger partial charge in [-0.05, 0) is 49.9 Å². The first-order valence-corrected chi connectivity index (χ1v) is 11.2. The summed E-state index contributed by atoms with van der Waals surface area (Å²) in [6.45, 7) is 3.57. The first kappa shape index (κ1) is 19.8. The summed E-state index contributed by atoms with van der Waals surface area (Å²) in [7, 11) is -3.12. The van der Waals surface area contributed by atoms with Gasteiger partial charge in [-0.1, -0.05) is 0 Å². The number of nitrogens with zero attached hydrogens (tertiary/aromatic N) is 1. The molecule has 2 atom stereocenters. The third-order valence-electron chi connectivity index (χ3n) is 4.58. The average molecular weight is 413 g/mol. The van der Waals surface area contributed by atoms with Gasteiger partial charge in [0.1, 0.15) is 10.7 Å². The molecule has 1 aromatic heterocycles.